The summed E-state index contributed by atoms with van der Waals surface area (Å²) in [6.07, 6.45) is -3.30. The molecule has 2 fully saturated rings. The van der Waals surface area contributed by atoms with Crippen molar-refractivity contribution in [3.8, 4) is 11.1 Å². The zero-order chi connectivity index (χ0) is 32.0. The van der Waals surface area contributed by atoms with E-state index in [0.29, 0.717) is 48.0 Å². The summed E-state index contributed by atoms with van der Waals surface area (Å²) in [5.74, 6) is -2.04. The Labute approximate surface area is 258 Å². The van der Waals surface area contributed by atoms with Crippen molar-refractivity contribution in [2.45, 2.75) is 65.3 Å². The van der Waals surface area contributed by atoms with Crippen LogP contribution in [0.4, 0.5) is 34.5 Å². The van der Waals surface area contributed by atoms with E-state index in [9.17, 15) is 27.9 Å². The van der Waals surface area contributed by atoms with Crippen LogP contribution in [0.5, 0.6) is 0 Å². The second-order valence-electron chi connectivity index (χ2n) is 13.1. The first kappa shape index (κ1) is 31.6. The number of benzene rings is 2. The fourth-order valence-corrected chi connectivity index (χ4v) is 6.56. The molecule has 2 aliphatic rings. The lowest BCUT2D eigenvalue weighted by atomic mass is 9.60. The van der Waals surface area contributed by atoms with Crippen LogP contribution in [0.25, 0.3) is 11.1 Å². The largest absolute Gasteiger partial charge is 0.478 e. The van der Waals surface area contributed by atoms with Gasteiger partial charge in [-0.05, 0) is 68.9 Å². The summed E-state index contributed by atoms with van der Waals surface area (Å²) in [4.78, 5) is 32.1. The van der Waals surface area contributed by atoms with Gasteiger partial charge < -0.3 is 25.0 Å². The number of carboxylic acids is 1. The van der Waals surface area contributed by atoms with Crippen LogP contribution in [0.2, 0.25) is 0 Å². The van der Waals surface area contributed by atoms with E-state index in [1.54, 1.807) is 29.2 Å². The zero-order valence-electron chi connectivity index (χ0n) is 25.2. The summed E-state index contributed by atoms with van der Waals surface area (Å²) in [6, 6.07) is 12.2. The smallest absolute Gasteiger partial charge is 0.452 e. The Hall–Kier alpha value is -3.87. The summed E-state index contributed by atoms with van der Waals surface area (Å²) in [5.41, 5.74) is 1.89. The molecule has 0 radical (unpaired) electrons. The molecule has 1 saturated heterocycles. The molecule has 2 N–H and O–H groups in total. The second-order valence-corrected chi connectivity index (χ2v) is 13.8. The SMILES string of the molecule is CC(C)CN(c1ccc(-c2ccccc2C(=O)O)cc1Nc1nc(C(F)(F)F)ns1)C1CC2(C1)CN(C(=O)OC(C)(C)C)C2. The van der Waals surface area contributed by atoms with Crippen LogP contribution in [0.1, 0.15) is 63.6 Å². The maximum absolute atomic E-state index is 13.3. The van der Waals surface area contributed by atoms with Crippen LogP contribution in [-0.2, 0) is 10.9 Å². The number of carbonyl (C=O) groups is 2. The predicted octanol–water partition coefficient (Wildman–Crippen LogP) is 7.53. The van der Waals surface area contributed by atoms with Crippen molar-refractivity contribution in [1.29, 1.82) is 0 Å². The molecule has 0 unspecified atom stereocenters. The molecule has 44 heavy (non-hydrogen) atoms. The number of alkyl halides is 3. The van der Waals surface area contributed by atoms with Gasteiger partial charge in [-0.3, -0.25) is 0 Å². The lowest BCUT2D eigenvalue weighted by Crippen LogP contribution is -2.68. The number of carboxylic acid groups (broad SMARTS) is 1. The fourth-order valence-electron chi connectivity index (χ4n) is 5.96. The molecule has 0 bridgehead atoms. The lowest BCUT2D eigenvalue weighted by Gasteiger charge is -2.61. The molecule has 1 aliphatic carbocycles. The van der Waals surface area contributed by atoms with Gasteiger partial charge in [-0.1, -0.05) is 38.1 Å². The maximum Gasteiger partial charge on any atom is 0.452 e. The van der Waals surface area contributed by atoms with Crippen LogP contribution in [0.3, 0.4) is 0 Å². The molecule has 9 nitrogen and oxygen atoms in total. The number of hydrogen-bond acceptors (Lipinski definition) is 8. The van der Waals surface area contributed by atoms with E-state index < -0.39 is 23.6 Å². The number of nitrogens with zero attached hydrogens (tertiary/aromatic N) is 4. The number of aromatic nitrogens is 2. The standard InChI is InChI=1S/C31H36F3N5O4S/c1-18(2)15-39(20-13-30(14-20)16-38(17-30)28(42)43-29(3,4)5)24-11-10-19(21-8-6-7-9-22(21)25(40)41)12-23(24)35-27-36-26(37-44-27)31(32,33)34/h6-12,18,20H,13-17H2,1-5H3,(H,40,41)(H,35,36,37). The van der Waals surface area contributed by atoms with Gasteiger partial charge in [-0.25, -0.2) is 9.59 Å². The van der Waals surface area contributed by atoms with Crippen LogP contribution < -0.4 is 10.2 Å². The number of anilines is 3. The second kappa shape index (κ2) is 11.6. The molecule has 2 aromatic carbocycles. The van der Waals surface area contributed by atoms with Gasteiger partial charge >= 0.3 is 18.2 Å². The van der Waals surface area contributed by atoms with Crippen molar-refractivity contribution in [3.05, 3.63) is 53.9 Å². The van der Waals surface area contributed by atoms with E-state index in [2.05, 4.69) is 33.4 Å². The molecule has 13 heteroatoms. The van der Waals surface area contributed by atoms with Crippen molar-refractivity contribution < 1.29 is 32.6 Å². The highest BCUT2D eigenvalue weighted by Gasteiger charge is 2.56. The lowest BCUT2D eigenvalue weighted by molar-refractivity contribution is -0.144. The number of ether oxygens (including phenoxy) is 1. The van der Waals surface area contributed by atoms with Gasteiger partial charge in [-0.2, -0.15) is 22.5 Å². The third-order valence-electron chi connectivity index (χ3n) is 7.74. The van der Waals surface area contributed by atoms with E-state index >= 15 is 0 Å². The number of halogens is 3. The van der Waals surface area contributed by atoms with E-state index in [0.717, 1.165) is 18.5 Å². The summed E-state index contributed by atoms with van der Waals surface area (Å²) < 4.78 is 48.8. The Balaban J connectivity index is 1.45. The summed E-state index contributed by atoms with van der Waals surface area (Å²) in [5, 5.41) is 12.8. The molecule has 1 aromatic heterocycles. The maximum atomic E-state index is 13.3. The molecule has 1 spiro atoms. The summed E-state index contributed by atoms with van der Waals surface area (Å²) in [7, 11) is 0. The average molecular weight is 632 g/mol. The number of likely N-dealkylation sites (tertiary alicyclic amines) is 1. The molecular formula is C31H36F3N5O4S. The topological polar surface area (TPSA) is 108 Å². The third-order valence-corrected chi connectivity index (χ3v) is 8.37. The minimum Gasteiger partial charge on any atom is -0.478 e. The highest BCUT2D eigenvalue weighted by molar-refractivity contribution is 7.09. The summed E-state index contributed by atoms with van der Waals surface area (Å²) >= 11 is 0.608. The van der Waals surface area contributed by atoms with Crippen molar-refractivity contribution in [3.63, 3.8) is 0 Å². The molecule has 3 aromatic rings. The molecule has 0 atom stereocenters. The monoisotopic (exact) mass is 631 g/mol. The third kappa shape index (κ3) is 6.77. The molecule has 2 heterocycles. The number of amides is 1. The number of carbonyl (C=O) groups excluding carboxylic acids is 1. The predicted molar refractivity (Wildman–Crippen MR) is 162 cm³/mol. The van der Waals surface area contributed by atoms with E-state index in [1.165, 1.54) is 6.07 Å². The van der Waals surface area contributed by atoms with Crippen molar-refractivity contribution in [2.75, 3.05) is 29.9 Å². The first-order valence-electron chi connectivity index (χ1n) is 14.4. The highest BCUT2D eigenvalue weighted by Crippen LogP contribution is 2.52. The van der Waals surface area contributed by atoms with Gasteiger partial charge in [0.1, 0.15) is 5.60 Å². The Kier molecular flexibility index (Phi) is 8.29. The average Bonchev–Trinajstić information content (AvgIpc) is 3.34. The van der Waals surface area contributed by atoms with Gasteiger partial charge in [-0.15, -0.1) is 0 Å². The van der Waals surface area contributed by atoms with Crippen molar-refractivity contribution in [1.82, 2.24) is 14.3 Å². The molecule has 1 amide bonds. The van der Waals surface area contributed by atoms with Crippen molar-refractivity contribution >= 4 is 40.1 Å². The number of aromatic carboxylic acids is 1. The number of rotatable bonds is 8. The first-order chi connectivity index (χ1) is 20.5. The van der Waals surface area contributed by atoms with Gasteiger partial charge in [0.05, 0.1) is 16.9 Å². The minimum atomic E-state index is -4.68. The fraction of sp³-hybridized carbons (Fsp3) is 0.484. The van der Waals surface area contributed by atoms with Gasteiger partial charge in [0.2, 0.25) is 11.0 Å². The Bertz CT molecular complexity index is 1540. The highest BCUT2D eigenvalue weighted by atomic mass is 32.1. The molecule has 1 aliphatic heterocycles. The van der Waals surface area contributed by atoms with Gasteiger partial charge in [0.25, 0.3) is 0 Å². The molecule has 236 valence electrons. The zero-order valence-corrected chi connectivity index (χ0v) is 26.1. The normalized spacial score (nSPS) is 16.4. The van der Waals surface area contributed by atoms with E-state index in [4.69, 9.17) is 4.74 Å². The van der Waals surface area contributed by atoms with E-state index in [1.807, 2.05) is 32.9 Å². The Morgan fingerprint density at radius 1 is 1.16 bits per heavy atom. The molecule has 5 rings (SSSR count). The van der Waals surface area contributed by atoms with Gasteiger partial charge in [0.15, 0.2) is 0 Å². The van der Waals surface area contributed by atoms with Gasteiger partial charge in [0, 0.05) is 42.6 Å². The Morgan fingerprint density at radius 2 is 1.84 bits per heavy atom. The first-order valence-corrected chi connectivity index (χ1v) is 15.2. The van der Waals surface area contributed by atoms with E-state index in [-0.39, 0.29) is 34.2 Å². The quantitative estimate of drug-likeness (QED) is 0.263. The van der Waals surface area contributed by atoms with Crippen LogP contribution >= 0.6 is 11.5 Å². The number of nitrogens with one attached hydrogen (secondary N) is 1. The van der Waals surface area contributed by atoms with Crippen LogP contribution in [0.15, 0.2) is 42.5 Å². The Morgan fingerprint density at radius 3 is 2.43 bits per heavy atom. The van der Waals surface area contributed by atoms with Crippen LogP contribution in [-0.4, -0.2) is 62.7 Å². The van der Waals surface area contributed by atoms with Crippen LogP contribution in [0, 0.1) is 11.3 Å². The van der Waals surface area contributed by atoms with Crippen molar-refractivity contribution in [2.24, 2.45) is 11.3 Å². The molecule has 1 saturated carbocycles. The number of hydrogen-bond donors (Lipinski definition) is 2. The molecular weight excluding hydrogens is 595 g/mol. The minimum absolute atomic E-state index is 0.00555. The summed E-state index contributed by atoms with van der Waals surface area (Å²) in [6.45, 7) is 11.6.